The summed E-state index contributed by atoms with van der Waals surface area (Å²) >= 11 is 0. The molecule has 1 aliphatic rings. The van der Waals surface area contributed by atoms with Crippen LogP contribution in [0, 0.1) is 0 Å². The number of aryl methyl sites for hydroxylation is 1. The van der Waals surface area contributed by atoms with Gasteiger partial charge in [-0.25, -0.2) is 4.98 Å². The number of carbonyl (C=O) groups is 1. The fourth-order valence-electron chi connectivity index (χ4n) is 3.42. The highest BCUT2D eigenvalue weighted by Crippen LogP contribution is 2.12. The van der Waals surface area contributed by atoms with E-state index in [9.17, 15) is 4.79 Å². The van der Waals surface area contributed by atoms with Crippen LogP contribution in [0.2, 0.25) is 0 Å². The topological polar surface area (TPSA) is 67.2 Å². The maximum Gasteiger partial charge on any atom is 0.214 e. The quantitative estimate of drug-likeness (QED) is 0.589. The van der Waals surface area contributed by atoms with Crippen molar-refractivity contribution in [3.8, 4) is 0 Å². The van der Waals surface area contributed by atoms with Gasteiger partial charge in [0.15, 0.2) is 5.69 Å². The van der Waals surface area contributed by atoms with Crippen molar-refractivity contribution >= 4 is 11.6 Å². The lowest BCUT2D eigenvalue weighted by atomic mass is 10.1. The van der Waals surface area contributed by atoms with Crippen LogP contribution in [-0.4, -0.2) is 63.4 Å². The van der Waals surface area contributed by atoms with E-state index in [-0.39, 0.29) is 5.78 Å². The predicted molar refractivity (Wildman–Crippen MR) is 107 cm³/mol. The molecule has 7 nitrogen and oxygen atoms in total. The Balaban J connectivity index is 1.22. The van der Waals surface area contributed by atoms with E-state index in [4.69, 9.17) is 0 Å². The maximum absolute atomic E-state index is 12.4. The van der Waals surface area contributed by atoms with Gasteiger partial charge in [-0.15, -0.1) is 5.10 Å². The third kappa shape index (κ3) is 4.43. The lowest BCUT2D eigenvalue weighted by Gasteiger charge is -2.35. The van der Waals surface area contributed by atoms with E-state index >= 15 is 0 Å². The van der Waals surface area contributed by atoms with Crippen molar-refractivity contribution in [1.29, 1.82) is 0 Å². The highest BCUT2D eigenvalue weighted by atomic mass is 16.1. The van der Waals surface area contributed by atoms with Crippen molar-refractivity contribution in [2.75, 3.05) is 37.6 Å². The fourth-order valence-corrected chi connectivity index (χ4v) is 3.42. The second-order valence-electron chi connectivity index (χ2n) is 6.89. The summed E-state index contributed by atoms with van der Waals surface area (Å²) < 4.78 is 0. The SMILES string of the molecule is O=C(c1ccccc1)c1cnn(CCCN2CCN(c3ccccn3)CC2)n1. The number of piperazine rings is 1. The van der Waals surface area contributed by atoms with Gasteiger partial charge in [-0.2, -0.15) is 9.90 Å². The molecule has 3 aromatic rings. The van der Waals surface area contributed by atoms with Crippen LogP contribution in [0.3, 0.4) is 0 Å². The van der Waals surface area contributed by atoms with Gasteiger partial charge in [-0.1, -0.05) is 36.4 Å². The van der Waals surface area contributed by atoms with Crippen LogP contribution >= 0.6 is 0 Å². The van der Waals surface area contributed by atoms with E-state index in [1.165, 1.54) is 0 Å². The summed E-state index contributed by atoms with van der Waals surface area (Å²) in [5, 5.41) is 8.59. The first-order chi connectivity index (χ1) is 13.8. The molecule has 3 heterocycles. The fraction of sp³-hybridized carbons (Fsp3) is 0.333. The van der Waals surface area contributed by atoms with Crippen molar-refractivity contribution in [2.45, 2.75) is 13.0 Å². The van der Waals surface area contributed by atoms with Crippen molar-refractivity contribution < 1.29 is 4.79 Å². The van der Waals surface area contributed by atoms with E-state index in [2.05, 4.69) is 31.0 Å². The molecule has 28 heavy (non-hydrogen) atoms. The molecule has 4 rings (SSSR count). The number of hydrogen-bond donors (Lipinski definition) is 0. The van der Waals surface area contributed by atoms with Crippen LogP contribution in [0.25, 0.3) is 0 Å². The molecule has 1 saturated heterocycles. The summed E-state index contributed by atoms with van der Waals surface area (Å²) in [6.07, 6.45) is 4.35. The molecule has 0 N–H and O–H groups in total. The highest BCUT2D eigenvalue weighted by Gasteiger charge is 2.18. The number of pyridine rings is 1. The van der Waals surface area contributed by atoms with Crippen LogP contribution in [0.15, 0.2) is 60.9 Å². The molecule has 0 atom stereocenters. The summed E-state index contributed by atoms with van der Waals surface area (Å²) in [5.74, 6) is 0.969. The van der Waals surface area contributed by atoms with Crippen molar-refractivity contribution in [3.05, 3.63) is 72.2 Å². The maximum atomic E-state index is 12.4. The summed E-state index contributed by atoms with van der Waals surface area (Å²) in [6.45, 7) is 5.75. The molecule has 0 bridgehead atoms. The first kappa shape index (κ1) is 18.3. The molecular weight excluding hydrogens is 352 g/mol. The molecule has 0 saturated carbocycles. The van der Waals surface area contributed by atoms with E-state index in [0.717, 1.165) is 45.0 Å². The Morgan fingerprint density at radius 3 is 2.46 bits per heavy atom. The zero-order valence-corrected chi connectivity index (χ0v) is 15.8. The molecule has 0 spiro atoms. The minimum Gasteiger partial charge on any atom is -0.354 e. The van der Waals surface area contributed by atoms with E-state index < -0.39 is 0 Å². The van der Waals surface area contributed by atoms with Gasteiger partial charge in [-0.3, -0.25) is 9.69 Å². The largest absolute Gasteiger partial charge is 0.354 e. The summed E-state index contributed by atoms with van der Waals surface area (Å²) in [5.41, 5.74) is 1.04. The van der Waals surface area contributed by atoms with E-state index in [1.807, 2.05) is 36.5 Å². The van der Waals surface area contributed by atoms with Crippen molar-refractivity contribution in [2.24, 2.45) is 0 Å². The van der Waals surface area contributed by atoms with Gasteiger partial charge >= 0.3 is 0 Å². The Kier molecular flexibility index (Phi) is 5.72. The smallest absolute Gasteiger partial charge is 0.214 e. The lowest BCUT2D eigenvalue weighted by Crippen LogP contribution is -2.47. The minimum absolute atomic E-state index is 0.0857. The van der Waals surface area contributed by atoms with Crippen LogP contribution in [0.4, 0.5) is 5.82 Å². The van der Waals surface area contributed by atoms with Gasteiger partial charge in [-0.05, 0) is 18.6 Å². The first-order valence-corrected chi connectivity index (χ1v) is 9.68. The van der Waals surface area contributed by atoms with Crippen LogP contribution in [-0.2, 0) is 6.54 Å². The van der Waals surface area contributed by atoms with E-state index in [1.54, 1.807) is 23.1 Å². The van der Waals surface area contributed by atoms with Gasteiger partial charge in [0.1, 0.15) is 5.82 Å². The molecule has 0 unspecified atom stereocenters. The molecule has 0 radical (unpaired) electrons. The molecule has 1 fully saturated rings. The van der Waals surface area contributed by atoms with E-state index in [0.29, 0.717) is 17.8 Å². The second kappa shape index (κ2) is 8.75. The zero-order valence-electron chi connectivity index (χ0n) is 15.8. The highest BCUT2D eigenvalue weighted by molar-refractivity contribution is 6.07. The number of aromatic nitrogens is 4. The summed E-state index contributed by atoms with van der Waals surface area (Å²) in [4.78, 5) is 23.2. The minimum atomic E-state index is -0.0857. The van der Waals surface area contributed by atoms with Gasteiger partial charge in [0.2, 0.25) is 5.78 Å². The number of benzene rings is 1. The Morgan fingerprint density at radius 2 is 1.71 bits per heavy atom. The number of ketones is 1. The second-order valence-corrected chi connectivity index (χ2v) is 6.89. The Hall–Kier alpha value is -3.06. The Labute approximate surface area is 164 Å². The van der Waals surface area contributed by atoms with Crippen LogP contribution in [0.1, 0.15) is 22.5 Å². The molecule has 0 amide bonds. The standard InChI is InChI=1S/C21H24N6O/c28-21(18-7-2-1-3-8-18)19-17-23-27(24-19)12-6-11-25-13-15-26(16-14-25)20-9-4-5-10-22-20/h1-5,7-10,17H,6,11-16H2. The van der Waals surface area contributed by atoms with Gasteiger partial charge in [0, 0.05) is 44.5 Å². The molecule has 2 aromatic heterocycles. The normalized spacial score (nSPS) is 14.9. The number of nitrogens with zero attached hydrogens (tertiary/aromatic N) is 6. The van der Waals surface area contributed by atoms with Gasteiger partial charge in [0.25, 0.3) is 0 Å². The predicted octanol–water partition coefficient (Wildman–Crippen LogP) is 2.12. The van der Waals surface area contributed by atoms with Crippen molar-refractivity contribution in [3.63, 3.8) is 0 Å². The zero-order chi connectivity index (χ0) is 19.2. The number of rotatable bonds is 7. The average molecular weight is 376 g/mol. The molecule has 1 aliphatic heterocycles. The Bertz CT molecular complexity index is 888. The van der Waals surface area contributed by atoms with Crippen LogP contribution < -0.4 is 4.90 Å². The third-order valence-corrected chi connectivity index (χ3v) is 4.98. The summed E-state index contributed by atoms with van der Waals surface area (Å²) in [7, 11) is 0. The number of anilines is 1. The lowest BCUT2D eigenvalue weighted by molar-refractivity contribution is 0.103. The van der Waals surface area contributed by atoms with Crippen molar-refractivity contribution in [1.82, 2.24) is 24.9 Å². The monoisotopic (exact) mass is 376 g/mol. The summed E-state index contributed by atoms with van der Waals surface area (Å²) in [6, 6.07) is 15.2. The number of carbonyl (C=O) groups excluding carboxylic acids is 1. The Morgan fingerprint density at radius 1 is 0.929 bits per heavy atom. The molecule has 144 valence electrons. The first-order valence-electron chi connectivity index (χ1n) is 9.68. The van der Waals surface area contributed by atoms with Gasteiger partial charge in [0.05, 0.1) is 12.7 Å². The third-order valence-electron chi connectivity index (χ3n) is 4.98. The molecule has 7 heteroatoms. The number of hydrogen-bond acceptors (Lipinski definition) is 6. The molecule has 0 aliphatic carbocycles. The molecule has 1 aromatic carbocycles. The van der Waals surface area contributed by atoms with Gasteiger partial charge < -0.3 is 4.90 Å². The average Bonchev–Trinajstić information content (AvgIpc) is 3.24. The molecular formula is C21H24N6O. The van der Waals surface area contributed by atoms with Crippen LogP contribution in [0.5, 0.6) is 0 Å².